The Kier molecular flexibility index (Phi) is 4.94. The molecule has 3 aromatic rings. The standard InChI is InChI=1S/C20H25N5O2/c1-14-10-15(2)24(22-14)12-20-21-19(23-25(20)17-8-9-27-13-17)11-16-6-4-5-7-18(16)26-3/h4-7,10,17H,8-9,11-13H2,1-3H3. The van der Waals surface area contributed by atoms with Gasteiger partial charge in [-0.15, -0.1) is 0 Å². The Morgan fingerprint density at radius 1 is 1.22 bits per heavy atom. The number of nitrogens with zero attached hydrogens (tertiary/aromatic N) is 5. The topological polar surface area (TPSA) is 67.0 Å². The summed E-state index contributed by atoms with van der Waals surface area (Å²) in [5, 5.41) is 9.40. The van der Waals surface area contributed by atoms with Crippen LogP contribution in [0.1, 0.15) is 41.1 Å². The average molecular weight is 367 g/mol. The lowest BCUT2D eigenvalue weighted by molar-refractivity contribution is 0.183. The number of benzene rings is 1. The molecule has 142 valence electrons. The van der Waals surface area contributed by atoms with Gasteiger partial charge in [0.15, 0.2) is 5.82 Å². The molecular formula is C20H25N5O2. The Bertz CT molecular complexity index is 924. The van der Waals surface area contributed by atoms with Gasteiger partial charge in [-0.05, 0) is 32.4 Å². The maximum Gasteiger partial charge on any atom is 0.155 e. The Morgan fingerprint density at radius 2 is 2.07 bits per heavy atom. The lowest BCUT2D eigenvalue weighted by atomic mass is 10.1. The van der Waals surface area contributed by atoms with Crippen molar-refractivity contribution >= 4 is 0 Å². The third-order valence-electron chi connectivity index (χ3n) is 4.93. The molecule has 4 rings (SSSR count). The van der Waals surface area contributed by atoms with Crippen molar-refractivity contribution in [3.63, 3.8) is 0 Å². The van der Waals surface area contributed by atoms with Crippen molar-refractivity contribution in [1.82, 2.24) is 24.5 Å². The van der Waals surface area contributed by atoms with E-state index >= 15 is 0 Å². The largest absolute Gasteiger partial charge is 0.496 e. The zero-order valence-electron chi connectivity index (χ0n) is 16.1. The van der Waals surface area contributed by atoms with Gasteiger partial charge in [-0.25, -0.2) is 9.67 Å². The van der Waals surface area contributed by atoms with E-state index in [1.54, 1.807) is 7.11 Å². The lowest BCUT2D eigenvalue weighted by Gasteiger charge is -2.12. The summed E-state index contributed by atoms with van der Waals surface area (Å²) in [6.07, 6.45) is 1.59. The SMILES string of the molecule is COc1ccccc1Cc1nc(Cn2nc(C)cc2C)n(C2CCOC2)n1. The van der Waals surface area contributed by atoms with E-state index in [1.165, 1.54) is 0 Å². The van der Waals surface area contributed by atoms with Gasteiger partial charge in [0, 0.05) is 24.3 Å². The molecule has 0 bridgehead atoms. The zero-order valence-corrected chi connectivity index (χ0v) is 16.1. The van der Waals surface area contributed by atoms with Gasteiger partial charge in [0.25, 0.3) is 0 Å². The minimum atomic E-state index is 0.232. The van der Waals surface area contributed by atoms with Crippen molar-refractivity contribution in [1.29, 1.82) is 0 Å². The number of aromatic nitrogens is 5. The Morgan fingerprint density at radius 3 is 2.78 bits per heavy atom. The predicted molar refractivity (Wildman–Crippen MR) is 101 cm³/mol. The van der Waals surface area contributed by atoms with Crippen LogP contribution in [0.5, 0.6) is 5.75 Å². The number of aryl methyl sites for hydroxylation is 2. The summed E-state index contributed by atoms with van der Waals surface area (Å²) in [7, 11) is 1.69. The smallest absolute Gasteiger partial charge is 0.155 e. The van der Waals surface area contributed by atoms with Crippen molar-refractivity contribution in [3.8, 4) is 5.75 Å². The molecule has 0 amide bonds. The number of rotatable bonds is 6. The fourth-order valence-electron chi connectivity index (χ4n) is 3.58. The molecule has 1 aliphatic rings. The fourth-order valence-corrected chi connectivity index (χ4v) is 3.58. The minimum Gasteiger partial charge on any atom is -0.496 e. The van der Waals surface area contributed by atoms with Crippen LogP contribution in [-0.2, 0) is 17.7 Å². The van der Waals surface area contributed by atoms with Gasteiger partial charge < -0.3 is 9.47 Å². The first kappa shape index (κ1) is 17.7. The molecule has 1 fully saturated rings. The first-order valence-corrected chi connectivity index (χ1v) is 9.29. The Hall–Kier alpha value is -2.67. The summed E-state index contributed by atoms with van der Waals surface area (Å²) in [5.74, 6) is 2.57. The summed E-state index contributed by atoms with van der Waals surface area (Å²) in [6.45, 7) is 6.13. The first-order valence-electron chi connectivity index (χ1n) is 9.29. The zero-order chi connectivity index (χ0) is 18.8. The second kappa shape index (κ2) is 7.52. The normalized spacial score (nSPS) is 16.8. The van der Waals surface area contributed by atoms with E-state index in [9.17, 15) is 0 Å². The van der Waals surface area contributed by atoms with Crippen molar-refractivity contribution in [2.45, 2.75) is 39.3 Å². The summed E-state index contributed by atoms with van der Waals surface area (Å²) in [5.41, 5.74) is 3.21. The number of para-hydroxylation sites is 1. The number of methoxy groups -OCH3 is 1. The van der Waals surface area contributed by atoms with Crippen LogP contribution < -0.4 is 4.74 Å². The van der Waals surface area contributed by atoms with Crippen LogP contribution in [0.15, 0.2) is 30.3 Å². The van der Waals surface area contributed by atoms with Gasteiger partial charge in [0.1, 0.15) is 18.1 Å². The molecule has 7 nitrogen and oxygen atoms in total. The van der Waals surface area contributed by atoms with Crippen molar-refractivity contribution in [2.75, 3.05) is 20.3 Å². The second-order valence-corrected chi connectivity index (χ2v) is 6.98. The van der Waals surface area contributed by atoms with Gasteiger partial charge >= 0.3 is 0 Å². The highest BCUT2D eigenvalue weighted by Crippen LogP contribution is 2.23. The van der Waals surface area contributed by atoms with Crippen LogP contribution in [0.2, 0.25) is 0 Å². The lowest BCUT2D eigenvalue weighted by Crippen LogP contribution is -2.17. The number of hydrogen-bond acceptors (Lipinski definition) is 5. The molecule has 0 N–H and O–H groups in total. The Labute approximate surface area is 158 Å². The highest BCUT2D eigenvalue weighted by atomic mass is 16.5. The molecule has 0 aliphatic carbocycles. The highest BCUT2D eigenvalue weighted by molar-refractivity contribution is 5.35. The van der Waals surface area contributed by atoms with Crippen molar-refractivity contribution in [2.24, 2.45) is 0 Å². The molecule has 0 radical (unpaired) electrons. The third kappa shape index (κ3) is 3.73. The minimum absolute atomic E-state index is 0.232. The van der Waals surface area contributed by atoms with E-state index in [2.05, 4.69) is 24.2 Å². The molecule has 1 aromatic carbocycles. The molecular weight excluding hydrogens is 342 g/mol. The van der Waals surface area contributed by atoms with E-state index in [0.717, 1.165) is 47.4 Å². The van der Waals surface area contributed by atoms with E-state index in [4.69, 9.17) is 19.6 Å². The molecule has 0 spiro atoms. The van der Waals surface area contributed by atoms with Crippen LogP contribution in [0, 0.1) is 13.8 Å². The van der Waals surface area contributed by atoms with E-state index in [1.807, 2.05) is 34.5 Å². The predicted octanol–water partition coefficient (Wildman–Crippen LogP) is 2.70. The number of hydrogen-bond donors (Lipinski definition) is 0. The van der Waals surface area contributed by atoms with Gasteiger partial charge in [-0.1, -0.05) is 18.2 Å². The van der Waals surface area contributed by atoms with Crippen LogP contribution in [0.4, 0.5) is 0 Å². The van der Waals surface area contributed by atoms with Crippen LogP contribution in [0.25, 0.3) is 0 Å². The summed E-state index contributed by atoms with van der Waals surface area (Å²) >= 11 is 0. The maximum absolute atomic E-state index is 5.58. The molecule has 1 saturated heterocycles. The average Bonchev–Trinajstić information content (AvgIpc) is 3.37. The summed E-state index contributed by atoms with van der Waals surface area (Å²) in [4.78, 5) is 4.85. The van der Waals surface area contributed by atoms with Gasteiger partial charge in [-0.2, -0.15) is 10.2 Å². The molecule has 7 heteroatoms. The van der Waals surface area contributed by atoms with Crippen molar-refractivity contribution < 1.29 is 9.47 Å². The van der Waals surface area contributed by atoms with E-state index in [-0.39, 0.29) is 6.04 Å². The van der Waals surface area contributed by atoms with Crippen LogP contribution in [-0.4, -0.2) is 44.9 Å². The third-order valence-corrected chi connectivity index (χ3v) is 4.93. The Balaban J connectivity index is 1.66. The molecule has 1 unspecified atom stereocenters. The molecule has 1 atom stereocenters. The van der Waals surface area contributed by atoms with Gasteiger partial charge in [-0.3, -0.25) is 4.68 Å². The number of ether oxygens (including phenoxy) is 2. The van der Waals surface area contributed by atoms with Gasteiger partial charge in [0.2, 0.25) is 0 Å². The summed E-state index contributed by atoms with van der Waals surface area (Å²) in [6, 6.07) is 10.3. The quantitative estimate of drug-likeness (QED) is 0.670. The first-order chi connectivity index (χ1) is 13.1. The molecule has 3 heterocycles. The van der Waals surface area contributed by atoms with E-state index < -0.39 is 0 Å². The molecule has 2 aromatic heterocycles. The van der Waals surface area contributed by atoms with Gasteiger partial charge in [0.05, 0.1) is 25.5 Å². The fraction of sp³-hybridized carbons (Fsp3) is 0.450. The molecule has 27 heavy (non-hydrogen) atoms. The van der Waals surface area contributed by atoms with Crippen LogP contribution in [0.3, 0.4) is 0 Å². The summed E-state index contributed by atoms with van der Waals surface area (Å²) < 4.78 is 15.1. The van der Waals surface area contributed by atoms with Crippen LogP contribution >= 0.6 is 0 Å². The maximum atomic E-state index is 5.58. The second-order valence-electron chi connectivity index (χ2n) is 6.98. The van der Waals surface area contributed by atoms with E-state index in [0.29, 0.717) is 19.6 Å². The monoisotopic (exact) mass is 367 g/mol. The van der Waals surface area contributed by atoms with Crippen molar-refractivity contribution in [3.05, 3.63) is 58.9 Å². The highest BCUT2D eigenvalue weighted by Gasteiger charge is 2.24. The molecule has 0 saturated carbocycles. The molecule has 1 aliphatic heterocycles.